The lowest BCUT2D eigenvalue weighted by atomic mass is 10.2. The largest absolute Gasteiger partial charge is 0.455 e. The predicted molar refractivity (Wildman–Crippen MR) is 89.0 cm³/mol. The molecule has 2 nitrogen and oxygen atoms in total. The van der Waals surface area contributed by atoms with Gasteiger partial charge in [-0.15, -0.1) is 0 Å². The molecule has 0 atom stereocenters. The van der Waals surface area contributed by atoms with E-state index in [1.165, 1.54) is 5.56 Å². The summed E-state index contributed by atoms with van der Waals surface area (Å²) in [7, 11) is 0. The molecule has 0 heterocycles. The number of aryl methyl sites for hydroxylation is 1. The molecule has 0 spiro atoms. The lowest BCUT2D eigenvalue weighted by molar-refractivity contribution is 0.476. The molecule has 2 rings (SSSR count). The van der Waals surface area contributed by atoms with Crippen molar-refractivity contribution in [3.8, 4) is 11.5 Å². The van der Waals surface area contributed by atoms with Gasteiger partial charge in [0.15, 0.2) is 0 Å². The molecule has 5 heteroatoms. The Morgan fingerprint density at radius 1 is 1.05 bits per heavy atom. The molecule has 0 aromatic heterocycles. The zero-order valence-electron chi connectivity index (χ0n) is 10.1. The van der Waals surface area contributed by atoms with Gasteiger partial charge in [-0.3, -0.25) is 0 Å². The topological polar surface area (TPSA) is 35.2 Å². The Labute approximate surface area is 134 Å². The summed E-state index contributed by atoms with van der Waals surface area (Å²) in [5.74, 6) is 1.47. The lowest BCUT2D eigenvalue weighted by Crippen LogP contribution is -2.09. The third-order valence-corrected chi connectivity index (χ3v) is 4.00. The number of nitrogens with two attached hydrogens (primary N) is 1. The van der Waals surface area contributed by atoms with Crippen molar-refractivity contribution in [3.05, 3.63) is 56.5 Å². The summed E-state index contributed by atoms with van der Waals surface area (Å²) >= 11 is 11.9. The van der Waals surface area contributed by atoms with Crippen LogP contribution < -0.4 is 10.5 Å². The van der Waals surface area contributed by atoms with Crippen LogP contribution in [0.2, 0.25) is 0 Å². The smallest absolute Gasteiger partial charge is 0.141 e. The molecule has 0 bridgehead atoms. The summed E-state index contributed by atoms with van der Waals surface area (Å²) in [5.41, 5.74) is 7.56. The van der Waals surface area contributed by atoms with Crippen LogP contribution in [0.15, 0.2) is 45.3 Å². The van der Waals surface area contributed by atoms with Crippen LogP contribution in [0, 0.1) is 6.92 Å². The highest BCUT2D eigenvalue weighted by atomic mass is 79.9. The van der Waals surface area contributed by atoms with E-state index in [0.717, 1.165) is 20.3 Å². The molecule has 0 amide bonds. The van der Waals surface area contributed by atoms with E-state index in [2.05, 4.69) is 31.9 Å². The van der Waals surface area contributed by atoms with Crippen molar-refractivity contribution in [2.75, 3.05) is 0 Å². The predicted octanol–water partition coefficient (Wildman–Crippen LogP) is 4.95. The molecule has 2 aromatic carbocycles. The lowest BCUT2D eigenvalue weighted by Gasteiger charge is -2.11. The molecular weight excluding hydrogens is 390 g/mol. The first-order chi connectivity index (χ1) is 8.97. The third kappa shape index (κ3) is 3.55. The van der Waals surface area contributed by atoms with Gasteiger partial charge in [0.25, 0.3) is 0 Å². The number of rotatable bonds is 3. The molecule has 0 unspecified atom stereocenters. The molecule has 0 aliphatic carbocycles. The van der Waals surface area contributed by atoms with Gasteiger partial charge in [0.2, 0.25) is 0 Å². The third-order valence-electron chi connectivity index (χ3n) is 2.52. The van der Waals surface area contributed by atoms with E-state index in [-0.39, 0.29) is 0 Å². The van der Waals surface area contributed by atoms with E-state index in [1.807, 2.05) is 43.3 Å². The first-order valence-corrected chi connectivity index (χ1v) is 7.50. The fourth-order valence-electron chi connectivity index (χ4n) is 1.54. The molecular formula is C14H11Br2NOS. The minimum Gasteiger partial charge on any atom is -0.455 e. The molecule has 19 heavy (non-hydrogen) atoms. The van der Waals surface area contributed by atoms with Crippen molar-refractivity contribution in [2.45, 2.75) is 6.92 Å². The highest BCUT2D eigenvalue weighted by Crippen LogP contribution is 2.34. The summed E-state index contributed by atoms with van der Waals surface area (Å²) in [6.45, 7) is 2.03. The molecule has 0 aliphatic heterocycles. The average Bonchev–Trinajstić information content (AvgIpc) is 2.34. The van der Waals surface area contributed by atoms with Gasteiger partial charge in [-0.1, -0.05) is 18.3 Å². The molecule has 0 aliphatic rings. The monoisotopic (exact) mass is 399 g/mol. The molecule has 98 valence electrons. The Morgan fingerprint density at radius 2 is 1.63 bits per heavy atom. The molecule has 0 saturated carbocycles. The Balaban J connectivity index is 2.31. The van der Waals surface area contributed by atoms with E-state index in [0.29, 0.717) is 10.7 Å². The van der Waals surface area contributed by atoms with E-state index >= 15 is 0 Å². The SMILES string of the molecule is Cc1ccc(Oc2ccc(C(N)=S)cc2Br)c(Br)c1. The van der Waals surface area contributed by atoms with Crippen molar-refractivity contribution >= 4 is 49.1 Å². The summed E-state index contributed by atoms with van der Waals surface area (Å²) in [4.78, 5) is 0.365. The van der Waals surface area contributed by atoms with Gasteiger partial charge in [-0.25, -0.2) is 0 Å². The van der Waals surface area contributed by atoms with Gasteiger partial charge in [0.1, 0.15) is 16.5 Å². The Kier molecular flexibility index (Phi) is 4.60. The number of halogens is 2. The van der Waals surface area contributed by atoms with Crippen LogP contribution in [-0.4, -0.2) is 4.99 Å². The zero-order valence-corrected chi connectivity index (χ0v) is 14.1. The zero-order chi connectivity index (χ0) is 14.0. The van der Waals surface area contributed by atoms with Crippen LogP contribution in [0.25, 0.3) is 0 Å². The number of ether oxygens (including phenoxy) is 1. The van der Waals surface area contributed by atoms with Crippen molar-refractivity contribution in [3.63, 3.8) is 0 Å². The van der Waals surface area contributed by atoms with Gasteiger partial charge >= 0.3 is 0 Å². The van der Waals surface area contributed by atoms with Gasteiger partial charge in [-0.2, -0.15) is 0 Å². The number of hydrogen-bond donors (Lipinski definition) is 1. The van der Waals surface area contributed by atoms with Crippen molar-refractivity contribution in [1.82, 2.24) is 0 Å². The Hall–Kier alpha value is -0.910. The highest BCUT2D eigenvalue weighted by molar-refractivity contribution is 9.11. The minimum atomic E-state index is 0.365. The fourth-order valence-corrected chi connectivity index (χ4v) is 2.70. The second-order valence-corrected chi connectivity index (χ2v) is 6.19. The maximum absolute atomic E-state index is 5.85. The van der Waals surface area contributed by atoms with E-state index < -0.39 is 0 Å². The summed E-state index contributed by atoms with van der Waals surface area (Å²) in [6, 6.07) is 11.5. The highest BCUT2D eigenvalue weighted by Gasteiger charge is 2.08. The van der Waals surface area contributed by atoms with Crippen molar-refractivity contribution < 1.29 is 4.74 Å². The van der Waals surface area contributed by atoms with Crippen LogP contribution in [-0.2, 0) is 0 Å². The van der Waals surface area contributed by atoms with Gasteiger partial charge in [-0.05, 0) is 74.7 Å². The van der Waals surface area contributed by atoms with Crippen LogP contribution >= 0.6 is 44.1 Å². The van der Waals surface area contributed by atoms with Crippen LogP contribution in [0.3, 0.4) is 0 Å². The number of benzene rings is 2. The summed E-state index contributed by atoms with van der Waals surface area (Å²) in [6.07, 6.45) is 0. The maximum atomic E-state index is 5.85. The molecule has 0 fully saturated rings. The number of hydrogen-bond acceptors (Lipinski definition) is 2. The fraction of sp³-hybridized carbons (Fsp3) is 0.0714. The summed E-state index contributed by atoms with van der Waals surface area (Å²) < 4.78 is 7.58. The maximum Gasteiger partial charge on any atom is 0.141 e. The molecule has 0 saturated heterocycles. The number of thiocarbonyl (C=S) groups is 1. The van der Waals surface area contributed by atoms with Crippen LogP contribution in [0.1, 0.15) is 11.1 Å². The first kappa shape index (κ1) is 14.5. The van der Waals surface area contributed by atoms with E-state index in [1.54, 1.807) is 0 Å². The van der Waals surface area contributed by atoms with Crippen LogP contribution in [0.5, 0.6) is 11.5 Å². The first-order valence-electron chi connectivity index (χ1n) is 5.51. The molecule has 0 radical (unpaired) electrons. The quantitative estimate of drug-likeness (QED) is 0.740. The second kappa shape index (κ2) is 6.03. The van der Waals surface area contributed by atoms with E-state index in [4.69, 9.17) is 22.7 Å². The van der Waals surface area contributed by atoms with Gasteiger partial charge in [0, 0.05) is 5.56 Å². The van der Waals surface area contributed by atoms with E-state index in [9.17, 15) is 0 Å². The standard InChI is InChI=1S/C14H11Br2NOS/c1-8-2-4-12(10(15)6-8)18-13-5-3-9(14(17)19)7-11(13)16/h2-7H,1H3,(H2,17,19). The average molecular weight is 401 g/mol. The normalized spacial score (nSPS) is 10.3. The second-order valence-electron chi connectivity index (χ2n) is 4.05. The van der Waals surface area contributed by atoms with Crippen molar-refractivity contribution in [1.29, 1.82) is 0 Å². The van der Waals surface area contributed by atoms with Crippen molar-refractivity contribution in [2.24, 2.45) is 5.73 Å². The minimum absolute atomic E-state index is 0.365. The molecule has 2 N–H and O–H groups in total. The molecule has 2 aromatic rings. The van der Waals surface area contributed by atoms with Gasteiger partial charge in [0.05, 0.1) is 8.95 Å². The van der Waals surface area contributed by atoms with Crippen LogP contribution in [0.4, 0.5) is 0 Å². The Bertz CT molecular complexity index is 643. The van der Waals surface area contributed by atoms with Gasteiger partial charge < -0.3 is 10.5 Å². The Morgan fingerprint density at radius 3 is 2.16 bits per heavy atom. The summed E-state index contributed by atoms with van der Waals surface area (Å²) in [5, 5.41) is 0.